The maximum atomic E-state index is 12.8. The lowest BCUT2D eigenvalue weighted by atomic mass is 9.70. The standard InChI is InChI=1S/C26H23NO3.C6H6.CH2O2/c28-25-14-10-20-15-19(9-13-24(20)27-25)18-7-4-8-21(16-18)30-26(29)23-12-11-22(23)17-5-2-1-3-6-17;1-2-4-6-5-3-1;2-1-3/h1-9,13,15-16,22-23H,10-12,14H2,(H,27,28);1-6H;1H,(H,2,3). The number of aryl methyl sites for hydroxylation is 1. The smallest absolute Gasteiger partial charge is 0.314 e. The van der Waals surface area contributed by atoms with Crippen LogP contribution < -0.4 is 10.1 Å². The second kappa shape index (κ2) is 13.7. The highest BCUT2D eigenvalue weighted by Crippen LogP contribution is 2.43. The van der Waals surface area contributed by atoms with Crippen molar-refractivity contribution in [2.45, 2.75) is 31.6 Å². The second-order valence-corrected chi connectivity index (χ2v) is 9.33. The van der Waals surface area contributed by atoms with E-state index in [1.165, 1.54) is 5.56 Å². The average molecular weight is 522 g/mol. The third kappa shape index (κ3) is 7.42. The van der Waals surface area contributed by atoms with Crippen molar-refractivity contribution >= 4 is 24.0 Å². The molecule has 2 aliphatic rings. The monoisotopic (exact) mass is 521 g/mol. The maximum Gasteiger partial charge on any atom is 0.314 e. The van der Waals surface area contributed by atoms with E-state index < -0.39 is 0 Å². The van der Waals surface area contributed by atoms with Crippen molar-refractivity contribution in [1.29, 1.82) is 0 Å². The van der Waals surface area contributed by atoms with Gasteiger partial charge in [-0.2, -0.15) is 0 Å². The number of carboxylic acid groups (broad SMARTS) is 1. The molecule has 1 fully saturated rings. The fraction of sp³-hybridized carbons (Fsp3) is 0.182. The summed E-state index contributed by atoms with van der Waals surface area (Å²) in [5.74, 6) is 0.651. The Morgan fingerprint density at radius 2 is 1.44 bits per heavy atom. The summed E-state index contributed by atoms with van der Waals surface area (Å²) in [5, 5.41) is 9.80. The van der Waals surface area contributed by atoms with Gasteiger partial charge in [-0.05, 0) is 71.7 Å². The summed E-state index contributed by atoms with van der Waals surface area (Å²) < 4.78 is 5.76. The van der Waals surface area contributed by atoms with Crippen molar-refractivity contribution in [3.05, 3.63) is 120 Å². The van der Waals surface area contributed by atoms with E-state index in [0.717, 1.165) is 41.6 Å². The van der Waals surface area contributed by atoms with E-state index in [0.29, 0.717) is 12.2 Å². The van der Waals surface area contributed by atoms with Gasteiger partial charge in [-0.3, -0.25) is 14.4 Å². The van der Waals surface area contributed by atoms with Crippen molar-refractivity contribution in [3.63, 3.8) is 0 Å². The third-order valence-corrected chi connectivity index (χ3v) is 6.86. The molecule has 6 nitrogen and oxygen atoms in total. The van der Waals surface area contributed by atoms with Gasteiger partial charge in [0, 0.05) is 12.1 Å². The van der Waals surface area contributed by atoms with Crippen LogP contribution in [0.3, 0.4) is 0 Å². The summed E-state index contributed by atoms with van der Waals surface area (Å²) in [6.45, 7) is -0.250. The topological polar surface area (TPSA) is 92.7 Å². The van der Waals surface area contributed by atoms with Crippen LogP contribution >= 0.6 is 0 Å². The molecule has 1 aliphatic carbocycles. The van der Waals surface area contributed by atoms with E-state index in [2.05, 4.69) is 23.5 Å². The van der Waals surface area contributed by atoms with E-state index in [1.54, 1.807) is 0 Å². The molecular weight excluding hydrogens is 490 g/mol. The lowest BCUT2D eigenvalue weighted by Crippen LogP contribution is -2.34. The largest absolute Gasteiger partial charge is 0.483 e. The molecule has 6 heteroatoms. The Bertz CT molecular complexity index is 1360. The summed E-state index contributed by atoms with van der Waals surface area (Å²) in [7, 11) is 0. The zero-order chi connectivity index (χ0) is 27.5. The Morgan fingerprint density at radius 1 is 0.795 bits per heavy atom. The number of carbonyl (C=O) groups excluding carboxylic acids is 2. The minimum atomic E-state index is -0.250. The second-order valence-electron chi connectivity index (χ2n) is 9.33. The molecule has 0 aromatic heterocycles. The minimum Gasteiger partial charge on any atom is -0.483 e. The van der Waals surface area contributed by atoms with Crippen LogP contribution in [0.15, 0.2) is 109 Å². The fourth-order valence-electron chi connectivity index (χ4n) is 4.76. The van der Waals surface area contributed by atoms with Crippen LogP contribution in [0.4, 0.5) is 5.69 Å². The van der Waals surface area contributed by atoms with Crippen molar-refractivity contribution in [2.75, 3.05) is 5.32 Å². The number of anilines is 1. The molecule has 2 N–H and O–H groups in total. The first-order chi connectivity index (χ1) is 19.1. The number of fused-ring (bicyclic) bond motifs is 1. The molecule has 1 amide bonds. The summed E-state index contributed by atoms with van der Waals surface area (Å²) >= 11 is 0. The fourth-order valence-corrected chi connectivity index (χ4v) is 4.76. The molecule has 4 aromatic rings. The van der Waals surface area contributed by atoms with Gasteiger partial charge in [0.1, 0.15) is 5.75 Å². The van der Waals surface area contributed by atoms with Crippen molar-refractivity contribution in [1.82, 2.24) is 0 Å². The van der Waals surface area contributed by atoms with Gasteiger partial charge in [0.15, 0.2) is 0 Å². The van der Waals surface area contributed by atoms with E-state index in [-0.39, 0.29) is 30.2 Å². The van der Waals surface area contributed by atoms with Crippen LogP contribution in [0.25, 0.3) is 11.1 Å². The van der Waals surface area contributed by atoms with Crippen molar-refractivity contribution in [2.24, 2.45) is 5.92 Å². The highest BCUT2D eigenvalue weighted by atomic mass is 16.5. The molecule has 198 valence electrons. The number of amides is 1. The number of esters is 1. The lowest BCUT2D eigenvalue weighted by molar-refractivity contribution is -0.142. The number of benzene rings is 4. The first-order valence-electron chi connectivity index (χ1n) is 13.0. The van der Waals surface area contributed by atoms with Crippen LogP contribution in [-0.2, 0) is 20.8 Å². The summed E-state index contributed by atoms with van der Waals surface area (Å²) in [4.78, 5) is 32.7. The zero-order valence-corrected chi connectivity index (χ0v) is 21.5. The third-order valence-electron chi connectivity index (χ3n) is 6.86. The highest BCUT2D eigenvalue weighted by molar-refractivity contribution is 5.94. The summed E-state index contributed by atoms with van der Waals surface area (Å²) in [5.41, 5.74) is 5.27. The Morgan fingerprint density at radius 3 is 2.08 bits per heavy atom. The van der Waals surface area contributed by atoms with E-state index in [1.807, 2.05) is 91.0 Å². The number of rotatable bonds is 4. The van der Waals surface area contributed by atoms with Crippen molar-refractivity contribution in [3.8, 4) is 16.9 Å². The molecule has 0 spiro atoms. The molecule has 1 aliphatic heterocycles. The Hall–Kier alpha value is -4.71. The Kier molecular flexibility index (Phi) is 9.62. The van der Waals surface area contributed by atoms with Gasteiger partial charge >= 0.3 is 5.97 Å². The average Bonchev–Trinajstić information content (AvgIpc) is 2.94. The molecule has 2 atom stereocenters. The SMILES string of the molecule is O=C1CCc2cc(-c3cccc(OC(=O)C4CCC4c4ccccc4)c3)ccc2N1.O=CO.c1ccccc1. The number of hydrogen-bond acceptors (Lipinski definition) is 4. The Labute approximate surface area is 228 Å². The molecule has 1 heterocycles. The predicted octanol–water partition coefficient (Wildman–Crippen LogP) is 6.72. The van der Waals surface area contributed by atoms with E-state index >= 15 is 0 Å². The molecular formula is C33H31NO5. The van der Waals surface area contributed by atoms with Gasteiger partial charge in [0.2, 0.25) is 5.91 Å². The first-order valence-corrected chi connectivity index (χ1v) is 13.0. The molecule has 1 saturated carbocycles. The number of hydrogen-bond donors (Lipinski definition) is 2. The maximum absolute atomic E-state index is 12.8. The van der Waals surface area contributed by atoms with Crippen LogP contribution in [0.5, 0.6) is 5.75 Å². The van der Waals surface area contributed by atoms with E-state index in [4.69, 9.17) is 14.6 Å². The van der Waals surface area contributed by atoms with Gasteiger partial charge < -0.3 is 15.2 Å². The van der Waals surface area contributed by atoms with Gasteiger partial charge in [-0.15, -0.1) is 0 Å². The van der Waals surface area contributed by atoms with Gasteiger partial charge in [0.25, 0.3) is 6.47 Å². The molecule has 0 bridgehead atoms. The molecule has 2 unspecified atom stereocenters. The number of carbonyl (C=O) groups is 3. The molecule has 0 radical (unpaired) electrons. The quantitative estimate of drug-likeness (QED) is 0.177. The summed E-state index contributed by atoms with van der Waals surface area (Å²) in [6, 6.07) is 35.9. The van der Waals surface area contributed by atoms with Crippen LogP contribution in [-0.4, -0.2) is 23.5 Å². The number of nitrogens with one attached hydrogen (secondary N) is 1. The molecule has 4 aromatic carbocycles. The highest BCUT2D eigenvalue weighted by Gasteiger charge is 2.38. The van der Waals surface area contributed by atoms with Gasteiger partial charge in [-0.25, -0.2) is 0 Å². The predicted molar refractivity (Wildman–Crippen MR) is 152 cm³/mol. The minimum absolute atomic E-state index is 0.0639. The van der Waals surface area contributed by atoms with Crippen LogP contribution in [0.1, 0.15) is 36.3 Å². The zero-order valence-electron chi connectivity index (χ0n) is 21.5. The molecule has 0 saturated heterocycles. The van der Waals surface area contributed by atoms with Crippen molar-refractivity contribution < 1.29 is 24.2 Å². The van der Waals surface area contributed by atoms with Crippen LogP contribution in [0.2, 0.25) is 0 Å². The molecule has 6 rings (SSSR count). The normalized spacial score (nSPS) is 16.9. The summed E-state index contributed by atoms with van der Waals surface area (Å²) in [6.07, 6.45) is 3.15. The van der Waals surface area contributed by atoms with Gasteiger partial charge in [0.05, 0.1) is 5.92 Å². The number of ether oxygens (including phenoxy) is 1. The van der Waals surface area contributed by atoms with Crippen LogP contribution in [0, 0.1) is 5.92 Å². The van der Waals surface area contributed by atoms with Gasteiger partial charge in [-0.1, -0.05) is 84.9 Å². The Balaban J connectivity index is 0.000000337. The first kappa shape index (κ1) is 27.3. The lowest BCUT2D eigenvalue weighted by Gasteiger charge is -2.35. The van der Waals surface area contributed by atoms with E-state index in [9.17, 15) is 9.59 Å². The molecule has 39 heavy (non-hydrogen) atoms.